The number of nitrogens with zero attached hydrogens (tertiary/aromatic N) is 4. The van der Waals surface area contributed by atoms with Gasteiger partial charge in [0, 0.05) is 41.9 Å². The molecule has 3 aromatic rings. The Kier molecular flexibility index (Phi) is 3.85. The quantitative estimate of drug-likeness (QED) is 0.751. The Morgan fingerprint density at radius 3 is 2.96 bits per heavy atom. The Balaban J connectivity index is 1.54. The number of aromatic amines is 1. The van der Waals surface area contributed by atoms with Crippen LogP contribution in [-0.4, -0.2) is 57.4 Å². The molecule has 1 atom stereocenters. The summed E-state index contributed by atoms with van der Waals surface area (Å²) in [7, 11) is 2.23. The van der Waals surface area contributed by atoms with Crippen molar-refractivity contribution in [3.05, 3.63) is 42.6 Å². The summed E-state index contributed by atoms with van der Waals surface area (Å²) < 4.78 is 1.94. The van der Waals surface area contributed by atoms with Gasteiger partial charge in [-0.2, -0.15) is 0 Å². The lowest BCUT2D eigenvalue weighted by molar-refractivity contribution is 0.260. The van der Waals surface area contributed by atoms with Gasteiger partial charge in [0.05, 0.1) is 0 Å². The zero-order valence-corrected chi connectivity index (χ0v) is 13.4. The summed E-state index contributed by atoms with van der Waals surface area (Å²) in [6.45, 7) is 3.34. The number of likely N-dealkylation sites (N-methyl/N-ethyl adjacent to an activating group) is 1. The second-order valence-electron chi connectivity index (χ2n) is 6.29. The molecule has 1 aromatic carbocycles. The third kappa shape index (κ3) is 2.87. The third-order valence-electron chi connectivity index (χ3n) is 4.86. The van der Waals surface area contributed by atoms with Crippen LogP contribution in [0, 0.1) is 0 Å². The smallest absolute Gasteiger partial charge is 0.123 e. The fourth-order valence-corrected chi connectivity index (χ4v) is 3.36. The highest BCUT2D eigenvalue weighted by Crippen LogP contribution is 2.22. The Bertz CT molecular complexity index is 770. The van der Waals surface area contributed by atoms with Crippen LogP contribution in [0.1, 0.15) is 12.0 Å². The molecule has 3 heterocycles. The molecular formula is C17H22N6. The Labute approximate surface area is 135 Å². The minimum atomic E-state index is 0.674. The molecule has 0 unspecified atom stereocenters. The van der Waals surface area contributed by atoms with Gasteiger partial charge in [0.1, 0.15) is 12.7 Å². The van der Waals surface area contributed by atoms with E-state index in [0.717, 1.165) is 31.7 Å². The minimum Gasteiger partial charge on any atom is -0.361 e. The lowest BCUT2D eigenvalue weighted by Gasteiger charge is -2.23. The van der Waals surface area contributed by atoms with Crippen molar-refractivity contribution in [3.8, 4) is 5.69 Å². The maximum absolute atomic E-state index is 3.88. The molecule has 4 rings (SSSR count). The van der Waals surface area contributed by atoms with Gasteiger partial charge in [0.15, 0.2) is 0 Å². The predicted molar refractivity (Wildman–Crippen MR) is 90.8 cm³/mol. The standard InChI is InChI=1S/C17H22N6/c1-22(15-4-6-18-10-15)7-5-13-9-19-17-3-2-14(8-16(13)17)23-11-20-21-12-23/h2-3,8-9,11-12,15,18-19H,4-7,10H2,1H3/t15-/m1/s1. The summed E-state index contributed by atoms with van der Waals surface area (Å²) in [5.41, 5.74) is 3.64. The Morgan fingerprint density at radius 2 is 2.17 bits per heavy atom. The van der Waals surface area contributed by atoms with Crippen LogP contribution in [0.3, 0.4) is 0 Å². The van der Waals surface area contributed by atoms with Crippen molar-refractivity contribution in [2.45, 2.75) is 18.9 Å². The topological polar surface area (TPSA) is 61.8 Å². The van der Waals surface area contributed by atoms with Crippen LogP contribution < -0.4 is 5.32 Å². The molecule has 0 bridgehead atoms. The lowest BCUT2D eigenvalue weighted by Crippen LogP contribution is -2.34. The third-order valence-corrected chi connectivity index (χ3v) is 4.86. The summed E-state index contributed by atoms with van der Waals surface area (Å²) in [5, 5.41) is 12.5. The highest BCUT2D eigenvalue weighted by atomic mass is 15.2. The van der Waals surface area contributed by atoms with Crippen LogP contribution in [-0.2, 0) is 6.42 Å². The molecule has 2 N–H and O–H groups in total. The summed E-state index contributed by atoms with van der Waals surface area (Å²) in [5.74, 6) is 0. The molecule has 0 radical (unpaired) electrons. The first-order chi connectivity index (χ1) is 11.3. The normalized spacial score (nSPS) is 18.3. The lowest BCUT2D eigenvalue weighted by atomic mass is 10.1. The number of hydrogen-bond donors (Lipinski definition) is 2. The number of nitrogens with one attached hydrogen (secondary N) is 2. The first-order valence-corrected chi connectivity index (χ1v) is 8.17. The molecule has 0 saturated carbocycles. The summed E-state index contributed by atoms with van der Waals surface area (Å²) in [6, 6.07) is 7.09. The molecule has 1 aliphatic heterocycles. The fraction of sp³-hybridized carbons (Fsp3) is 0.412. The maximum Gasteiger partial charge on any atom is 0.123 e. The van der Waals surface area contributed by atoms with Crippen molar-refractivity contribution in [3.63, 3.8) is 0 Å². The minimum absolute atomic E-state index is 0.674. The largest absolute Gasteiger partial charge is 0.361 e. The molecule has 23 heavy (non-hydrogen) atoms. The summed E-state index contributed by atoms with van der Waals surface area (Å²) in [6.07, 6.45) is 7.91. The monoisotopic (exact) mass is 310 g/mol. The van der Waals surface area contributed by atoms with Gasteiger partial charge in [-0.1, -0.05) is 0 Å². The first kappa shape index (κ1) is 14.4. The van der Waals surface area contributed by atoms with E-state index in [1.807, 2.05) is 4.57 Å². The van der Waals surface area contributed by atoms with Crippen molar-refractivity contribution in [1.29, 1.82) is 0 Å². The number of rotatable bonds is 5. The van der Waals surface area contributed by atoms with E-state index in [4.69, 9.17) is 0 Å². The highest BCUT2D eigenvalue weighted by molar-refractivity contribution is 5.85. The van der Waals surface area contributed by atoms with E-state index < -0.39 is 0 Å². The molecule has 1 fully saturated rings. The van der Waals surface area contributed by atoms with Gasteiger partial charge >= 0.3 is 0 Å². The van der Waals surface area contributed by atoms with E-state index in [2.05, 4.69) is 56.8 Å². The molecule has 0 amide bonds. The number of H-pyrrole nitrogens is 1. The molecule has 6 heteroatoms. The molecule has 0 aliphatic carbocycles. The Morgan fingerprint density at radius 1 is 1.30 bits per heavy atom. The van der Waals surface area contributed by atoms with Crippen LogP contribution in [0.4, 0.5) is 0 Å². The number of benzene rings is 1. The van der Waals surface area contributed by atoms with E-state index in [9.17, 15) is 0 Å². The van der Waals surface area contributed by atoms with Crippen LogP contribution in [0.15, 0.2) is 37.1 Å². The molecule has 6 nitrogen and oxygen atoms in total. The second-order valence-corrected chi connectivity index (χ2v) is 6.29. The average molecular weight is 310 g/mol. The van der Waals surface area contributed by atoms with Crippen LogP contribution >= 0.6 is 0 Å². The van der Waals surface area contributed by atoms with Gasteiger partial charge in [-0.25, -0.2) is 0 Å². The maximum atomic E-state index is 3.88. The van der Waals surface area contributed by atoms with E-state index in [1.54, 1.807) is 12.7 Å². The average Bonchev–Trinajstić information content (AvgIpc) is 3.33. The van der Waals surface area contributed by atoms with Crippen LogP contribution in [0.5, 0.6) is 0 Å². The first-order valence-electron chi connectivity index (χ1n) is 8.17. The second kappa shape index (κ2) is 6.14. The highest BCUT2D eigenvalue weighted by Gasteiger charge is 2.19. The predicted octanol–water partition coefficient (Wildman–Crippen LogP) is 1.58. The van der Waals surface area contributed by atoms with Crippen LogP contribution in [0.2, 0.25) is 0 Å². The van der Waals surface area contributed by atoms with E-state index >= 15 is 0 Å². The molecular weight excluding hydrogens is 288 g/mol. The molecule has 1 aliphatic rings. The van der Waals surface area contributed by atoms with Crippen molar-refractivity contribution in [1.82, 2.24) is 30.0 Å². The Hall–Kier alpha value is -2.18. The van der Waals surface area contributed by atoms with Gasteiger partial charge in [-0.15, -0.1) is 10.2 Å². The van der Waals surface area contributed by atoms with Crippen molar-refractivity contribution in [2.75, 3.05) is 26.7 Å². The summed E-state index contributed by atoms with van der Waals surface area (Å²) >= 11 is 0. The summed E-state index contributed by atoms with van der Waals surface area (Å²) in [4.78, 5) is 5.86. The number of hydrogen-bond acceptors (Lipinski definition) is 4. The van der Waals surface area contributed by atoms with Gasteiger partial charge in [0.25, 0.3) is 0 Å². The number of fused-ring (bicyclic) bond motifs is 1. The fourth-order valence-electron chi connectivity index (χ4n) is 3.36. The van der Waals surface area contributed by atoms with Crippen molar-refractivity contribution < 1.29 is 0 Å². The van der Waals surface area contributed by atoms with Crippen molar-refractivity contribution >= 4 is 10.9 Å². The van der Waals surface area contributed by atoms with Gasteiger partial charge in [-0.3, -0.25) is 4.57 Å². The van der Waals surface area contributed by atoms with Crippen molar-refractivity contribution in [2.24, 2.45) is 0 Å². The van der Waals surface area contributed by atoms with E-state index in [1.165, 1.54) is 22.9 Å². The van der Waals surface area contributed by atoms with Gasteiger partial charge in [0.2, 0.25) is 0 Å². The van der Waals surface area contributed by atoms with Gasteiger partial charge in [-0.05, 0) is 50.2 Å². The van der Waals surface area contributed by atoms with Gasteiger partial charge < -0.3 is 15.2 Å². The SMILES string of the molecule is CN(CCc1c[nH]c2ccc(-n3cnnc3)cc12)[C@@H]1CCNC1. The number of aromatic nitrogens is 4. The van der Waals surface area contributed by atoms with Crippen LogP contribution in [0.25, 0.3) is 16.6 Å². The molecule has 0 spiro atoms. The zero-order chi connectivity index (χ0) is 15.6. The zero-order valence-electron chi connectivity index (χ0n) is 13.4. The van der Waals surface area contributed by atoms with E-state index in [0.29, 0.717) is 6.04 Å². The molecule has 120 valence electrons. The molecule has 2 aromatic heterocycles. The molecule has 1 saturated heterocycles. The van der Waals surface area contributed by atoms with E-state index in [-0.39, 0.29) is 0 Å².